The zero-order chi connectivity index (χ0) is 15.4. The van der Waals surface area contributed by atoms with Crippen molar-refractivity contribution in [1.82, 2.24) is 5.32 Å². The van der Waals surface area contributed by atoms with Gasteiger partial charge in [0.1, 0.15) is 0 Å². The van der Waals surface area contributed by atoms with Gasteiger partial charge in [0, 0.05) is 23.7 Å². The molecular weight excluding hydrogens is 264 g/mol. The lowest BCUT2D eigenvalue weighted by molar-refractivity contribution is -0.385. The van der Waals surface area contributed by atoms with Crippen LogP contribution in [0.5, 0.6) is 0 Å². The number of hydrogen-bond donors (Lipinski definition) is 1. The van der Waals surface area contributed by atoms with Gasteiger partial charge in [-0.05, 0) is 44.6 Å². The Kier molecular flexibility index (Phi) is 5.34. The lowest BCUT2D eigenvalue weighted by Gasteiger charge is -2.22. The smallest absolute Gasteiger partial charge is 0.272 e. The zero-order valence-electron chi connectivity index (χ0n) is 13.3. The van der Waals surface area contributed by atoms with Crippen LogP contribution < -0.4 is 5.32 Å². The first-order valence-electron chi connectivity index (χ1n) is 7.98. The number of nitro benzene ring substituents is 1. The summed E-state index contributed by atoms with van der Waals surface area (Å²) in [7, 11) is 0. The van der Waals surface area contributed by atoms with Crippen LogP contribution in [0.15, 0.2) is 18.2 Å². The van der Waals surface area contributed by atoms with Crippen LogP contribution in [-0.2, 0) is 0 Å². The van der Waals surface area contributed by atoms with Crippen LogP contribution >= 0.6 is 0 Å². The first kappa shape index (κ1) is 16.0. The first-order valence-corrected chi connectivity index (χ1v) is 7.98. The van der Waals surface area contributed by atoms with Crippen LogP contribution in [0.2, 0.25) is 0 Å². The molecule has 1 aliphatic carbocycles. The van der Waals surface area contributed by atoms with Gasteiger partial charge in [-0.2, -0.15) is 0 Å². The molecule has 1 aromatic carbocycles. The molecule has 21 heavy (non-hydrogen) atoms. The molecule has 1 fully saturated rings. The number of nitrogens with zero attached hydrogens (tertiary/aromatic N) is 1. The van der Waals surface area contributed by atoms with Gasteiger partial charge in [0.2, 0.25) is 0 Å². The average molecular weight is 290 g/mol. The summed E-state index contributed by atoms with van der Waals surface area (Å²) in [4.78, 5) is 10.8. The molecule has 1 saturated carbocycles. The molecule has 0 bridgehead atoms. The van der Waals surface area contributed by atoms with E-state index in [0.717, 1.165) is 17.0 Å². The maximum atomic E-state index is 11.1. The van der Waals surface area contributed by atoms with Crippen LogP contribution in [0.4, 0.5) is 5.69 Å². The lowest BCUT2D eigenvalue weighted by atomic mass is 10.0. The maximum Gasteiger partial charge on any atom is 0.272 e. The van der Waals surface area contributed by atoms with Gasteiger partial charge in [-0.25, -0.2) is 0 Å². The van der Waals surface area contributed by atoms with Crippen LogP contribution in [0.3, 0.4) is 0 Å². The van der Waals surface area contributed by atoms with E-state index in [-0.39, 0.29) is 16.7 Å². The number of hydrogen-bond acceptors (Lipinski definition) is 3. The number of benzene rings is 1. The van der Waals surface area contributed by atoms with E-state index in [1.54, 1.807) is 13.0 Å². The zero-order valence-corrected chi connectivity index (χ0v) is 13.3. The Labute approximate surface area is 127 Å². The van der Waals surface area contributed by atoms with E-state index in [1.807, 2.05) is 12.1 Å². The highest BCUT2D eigenvalue weighted by molar-refractivity contribution is 5.43. The Hall–Kier alpha value is -1.42. The van der Waals surface area contributed by atoms with Gasteiger partial charge in [0.05, 0.1) is 4.92 Å². The highest BCUT2D eigenvalue weighted by Gasteiger charge is 2.20. The van der Waals surface area contributed by atoms with Crippen molar-refractivity contribution < 1.29 is 4.92 Å². The van der Waals surface area contributed by atoms with Crippen LogP contribution in [-0.4, -0.2) is 11.0 Å². The average Bonchev–Trinajstić information content (AvgIpc) is 2.64. The Bertz CT molecular complexity index is 502. The van der Waals surface area contributed by atoms with Crippen LogP contribution in [0.25, 0.3) is 0 Å². The van der Waals surface area contributed by atoms with Gasteiger partial charge >= 0.3 is 0 Å². The fourth-order valence-corrected chi connectivity index (χ4v) is 3.20. The summed E-state index contributed by atoms with van der Waals surface area (Å²) in [6.45, 7) is 6.21. The van der Waals surface area contributed by atoms with Gasteiger partial charge in [-0.1, -0.05) is 31.9 Å². The molecule has 1 aliphatic rings. The SMILES string of the molecule is Cc1ccc(C(C)NC2CCCC(C)CC2)cc1[N+](=O)[O-]. The standard InChI is InChI=1S/C17H26N2O2/c1-12-5-4-6-16(10-7-12)18-14(3)15-9-8-13(2)17(11-15)19(20)21/h8-9,11-12,14,16,18H,4-7,10H2,1-3H3. The molecule has 4 nitrogen and oxygen atoms in total. The normalized spacial score (nSPS) is 24.3. The number of rotatable bonds is 4. The van der Waals surface area contributed by atoms with Crippen molar-refractivity contribution in [2.75, 3.05) is 0 Å². The van der Waals surface area contributed by atoms with E-state index in [1.165, 1.54) is 32.1 Å². The largest absolute Gasteiger partial charge is 0.307 e. The fraction of sp³-hybridized carbons (Fsp3) is 0.647. The third-order valence-corrected chi connectivity index (χ3v) is 4.67. The van der Waals surface area contributed by atoms with E-state index in [9.17, 15) is 10.1 Å². The van der Waals surface area contributed by atoms with Gasteiger partial charge in [-0.15, -0.1) is 0 Å². The summed E-state index contributed by atoms with van der Waals surface area (Å²) in [5.41, 5.74) is 1.94. The molecule has 4 heteroatoms. The lowest BCUT2D eigenvalue weighted by Crippen LogP contribution is -2.31. The van der Waals surface area contributed by atoms with Crippen molar-refractivity contribution in [3.8, 4) is 0 Å². The summed E-state index contributed by atoms with van der Waals surface area (Å²) in [5.74, 6) is 0.826. The van der Waals surface area contributed by atoms with Crippen molar-refractivity contribution in [2.24, 2.45) is 5.92 Å². The van der Waals surface area contributed by atoms with Crippen LogP contribution in [0.1, 0.15) is 63.1 Å². The number of nitrogens with one attached hydrogen (secondary N) is 1. The minimum absolute atomic E-state index is 0.155. The van der Waals surface area contributed by atoms with Crippen molar-refractivity contribution in [1.29, 1.82) is 0 Å². The Balaban J connectivity index is 2.04. The van der Waals surface area contributed by atoms with Crippen LogP contribution in [0, 0.1) is 23.0 Å². The van der Waals surface area contributed by atoms with Gasteiger partial charge in [0.15, 0.2) is 0 Å². The minimum atomic E-state index is -0.293. The monoisotopic (exact) mass is 290 g/mol. The van der Waals surface area contributed by atoms with Crippen molar-refractivity contribution in [2.45, 2.75) is 65.0 Å². The Morgan fingerprint density at radius 3 is 2.76 bits per heavy atom. The predicted octanol–water partition coefficient (Wildman–Crippen LogP) is 4.52. The maximum absolute atomic E-state index is 11.1. The molecule has 116 valence electrons. The molecule has 0 saturated heterocycles. The summed E-state index contributed by atoms with van der Waals surface area (Å²) in [6, 6.07) is 6.25. The number of nitro groups is 1. The third kappa shape index (κ3) is 4.27. The van der Waals surface area contributed by atoms with Gasteiger partial charge < -0.3 is 5.32 Å². The molecule has 3 unspecified atom stereocenters. The van der Waals surface area contributed by atoms with E-state index in [4.69, 9.17) is 0 Å². The molecular formula is C17H26N2O2. The molecule has 0 spiro atoms. The van der Waals surface area contributed by atoms with E-state index < -0.39 is 0 Å². The predicted molar refractivity (Wildman–Crippen MR) is 85.4 cm³/mol. The molecule has 0 amide bonds. The Morgan fingerprint density at radius 2 is 2.05 bits per heavy atom. The Morgan fingerprint density at radius 1 is 1.29 bits per heavy atom. The topological polar surface area (TPSA) is 55.2 Å². The van der Waals surface area contributed by atoms with Gasteiger partial charge in [-0.3, -0.25) is 10.1 Å². The summed E-state index contributed by atoms with van der Waals surface area (Å²) in [5, 5.41) is 14.7. The van der Waals surface area contributed by atoms with E-state index >= 15 is 0 Å². The highest BCUT2D eigenvalue weighted by Crippen LogP contribution is 2.27. The molecule has 1 N–H and O–H groups in total. The molecule has 0 aromatic heterocycles. The summed E-state index contributed by atoms with van der Waals surface area (Å²) < 4.78 is 0. The molecule has 1 aromatic rings. The molecule has 0 aliphatic heterocycles. The third-order valence-electron chi connectivity index (χ3n) is 4.67. The van der Waals surface area contributed by atoms with Crippen molar-refractivity contribution >= 4 is 5.69 Å². The highest BCUT2D eigenvalue weighted by atomic mass is 16.6. The quantitative estimate of drug-likeness (QED) is 0.504. The van der Waals surface area contributed by atoms with Gasteiger partial charge in [0.25, 0.3) is 5.69 Å². The first-order chi connectivity index (χ1) is 9.97. The summed E-state index contributed by atoms with van der Waals surface area (Å²) in [6.07, 6.45) is 6.29. The molecule has 0 heterocycles. The van der Waals surface area contributed by atoms with Crippen molar-refractivity contribution in [3.63, 3.8) is 0 Å². The number of aryl methyl sites for hydroxylation is 1. The molecule has 2 rings (SSSR count). The second-order valence-corrected chi connectivity index (χ2v) is 6.50. The fourth-order valence-electron chi connectivity index (χ4n) is 3.20. The second-order valence-electron chi connectivity index (χ2n) is 6.50. The molecule has 3 atom stereocenters. The summed E-state index contributed by atoms with van der Waals surface area (Å²) >= 11 is 0. The van der Waals surface area contributed by atoms with E-state index in [2.05, 4.69) is 19.2 Å². The second kappa shape index (κ2) is 7.03. The molecule has 0 radical (unpaired) electrons. The minimum Gasteiger partial charge on any atom is -0.307 e. The van der Waals surface area contributed by atoms with Crippen molar-refractivity contribution in [3.05, 3.63) is 39.4 Å². The van der Waals surface area contributed by atoms with E-state index in [0.29, 0.717) is 6.04 Å².